The Morgan fingerprint density at radius 3 is 2.66 bits per heavy atom. The SMILES string of the molecule is COC(=O)CCc1nnc(CC2SC(c3cccc(OC)c3OC)c3cc(Cl)ccc3NC2=S)s1. The lowest BCUT2D eigenvalue weighted by Gasteiger charge is -2.23. The van der Waals surface area contributed by atoms with Crippen LogP contribution in [-0.2, 0) is 22.4 Å². The number of carbonyl (C=O) groups excluding carboxylic acids is 1. The molecule has 0 saturated heterocycles. The van der Waals surface area contributed by atoms with E-state index in [9.17, 15) is 4.79 Å². The second-order valence-electron chi connectivity index (χ2n) is 7.68. The number of rotatable bonds is 8. The van der Waals surface area contributed by atoms with Crippen LogP contribution in [-0.4, -0.2) is 47.7 Å². The number of thiocarbonyl (C=S) groups is 1. The van der Waals surface area contributed by atoms with Crippen LogP contribution in [0.2, 0.25) is 5.02 Å². The summed E-state index contributed by atoms with van der Waals surface area (Å²) in [6.45, 7) is 0. The van der Waals surface area contributed by atoms with Gasteiger partial charge in [-0.2, -0.15) is 0 Å². The molecule has 7 nitrogen and oxygen atoms in total. The molecule has 4 rings (SSSR count). The fraction of sp³-hybridized carbons (Fsp3) is 0.333. The van der Waals surface area contributed by atoms with Crippen molar-refractivity contribution in [3.05, 3.63) is 62.6 Å². The number of ether oxygens (including phenoxy) is 3. The Morgan fingerprint density at radius 2 is 1.91 bits per heavy atom. The van der Waals surface area contributed by atoms with E-state index in [-0.39, 0.29) is 22.9 Å². The summed E-state index contributed by atoms with van der Waals surface area (Å²) >= 11 is 15.4. The van der Waals surface area contributed by atoms with E-state index in [0.29, 0.717) is 34.4 Å². The van der Waals surface area contributed by atoms with Crippen molar-refractivity contribution in [3.8, 4) is 11.5 Å². The number of hydrogen-bond donors (Lipinski definition) is 1. The van der Waals surface area contributed by atoms with Gasteiger partial charge in [-0.15, -0.1) is 33.3 Å². The molecule has 0 bridgehead atoms. The van der Waals surface area contributed by atoms with Gasteiger partial charge in [0.1, 0.15) is 10.0 Å². The summed E-state index contributed by atoms with van der Waals surface area (Å²) in [6.07, 6.45) is 1.37. The second-order valence-corrected chi connectivity index (χ2v) is 11.0. The third kappa shape index (κ3) is 5.88. The summed E-state index contributed by atoms with van der Waals surface area (Å²) in [5.74, 6) is 1.06. The number of halogens is 1. The molecule has 2 atom stereocenters. The Labute approximate surface area is 222 Å². The molecule has 35 heavy (non-hydrogen) atoms. The molecule has 2 unspecified atom stereocenters. The Morgan fingerprint density at radius 1 is 1.11 bits per heavy atom. The zero-order valence-electron chi connectivity index (χ0n) is 19.4. The number of methoxy groups -OCH3 is 3. The molecule has 0 aliphatic carbocycles. The first-order valence-corrected chi connectivity index (χ1v) is 13.3. The lowest BCUT2D eigenvalue weighted by Crippen LogP contribution is -2.24. The summed E-state index contributed by atoms with van der Waals surface area (Å²) in [5, 5.41) is 14.1. The quantitative estimate of drug-likeness (QED) is 0.289. The van der Waals surface area contributed by atoms with Gasteiger partial charge in [0.25, 0.3) is 0 Å². The Bertz CT molecular complexity index is 1240. The number of carbonyl (C=O) groups is 1. The van der Waals surface area contributed by atoms with Gasteiger partial charge in [0, 0.05) is 29.1 Å². The third-order valence-electron chi connectivity index (χ3n) is 5.50. The Hall–Kier alpha value is -2.40. The van der Waals surface area contributed by atoms with Crippen molar-refractivity contribution in [2.45, 2.75) is 29.8 Å². The van der Waals surface area contributed by atoms with Gasteiger partial charge < -0.3 is 19.5 Å². The van der Waals surface area contributed by atoms with E-state index in [0.717, 1.165) is 26.8 Å². The highest BCUT2D eigenvalue weighted by atomic mass is 35.5. The first-order valence-electron chi connectivity index (χ1n) is 10.8. The number of nitrogens with one attached hydrogen (secondary N) is 1. The van der Waals surface area contributed by atoms with Crippen molar-refractivity contribution in [2.24, 2.45) is 0 Å². The van der Waals surface area contributed by atoms with Crippen molar-refractivity contribution in [1.29, 1.82) is 0 Å². The number of nitrogens with zero attached hydrogens (tertiary/aromatic N) is 2. The minimum absolute atomic E-state index is 0.0847. The van der Waals surface area contributed by atoms with E-state index < -0.39 is 0 Å². The van der Waals surface area contributed by atoms with Crippen molar-refractivity contribution < 1.29 is 19.0 Å². The zero-order valence-corrected chi connectivity index (χ0v) is 22.6. The van der Waals surface area contributed by atoms with Gasteiger partial charge in [-0.25, -0.2) is 0 Å². The largest absolute Gasteiger partial charge is 0.493 e. The maximum absolute atomic E-state index is 11.5. The van der Waals surface area contributed by atoms with Gasteiger partial charge in [0.15, 0.2) is 11.5 Å². The normalized spacial score (nSPS) is 17.2. The number of aromatic nitrogens is 2. The minimum Gasteiger partial charge on any atom is -0.493 e. The summed E-state index contributed by atoms with van der Waals surface area (Å²) in [7, 11) is 4.64. The van der Waals surface area contributed by atoms with Gasteiger partial charge in [0.05, 0.1) is 43.2 Å². The van der Waals surface area contributed by atoms with Gasteiger partial charge in [-0.3, -0.25) is 4.79 Å². The van der Waals surface area contributed by atoms with Gasteiger partial charge in [0.2, 0.25) is 0 Å². The van der Waals surface area contributed by atoms with Crippen molar-refractivity contribution in [1.82, 2.24) is 10.2 Å². The third-order valence-corrected chi connectivity index (χ3v) is 8.79. The van der Waals surface area contributed by atoms with Gasteiger partial charge >= 0.3 is 5.97 Å². The molecular formula is C24H24ClN3O4S3. The smallest absolute Gasteiger partial charge is 0.305 e. The van der Waals surface area contributed by atoms with E-state index in [1.807, 2.05) is 36.4 Å². The standard InChI is InChI=1S/C24H24ClN3O4S3/c1-30-17-6-4-5-14(22(17)32-3)23-15-11-13(25)7-8-16(15)26-24(33)18(34-23)12-20-28-27-19(35-20)9-10-21(29)31-2/h4-8,11,18,23H,9-10,12H2,1-3H3,(H,26,33). The summed E-state index contributed by atoms with van der Waals surface area (Å²) in [5.41, 5.74) is 2.88. The second kappa shape index (κ2) is 11.6. The summed E-state index contributed by atoms with van der Waals surface area (Å²) < 4.78 is 16.0. The molecule has 1 aromatic heterocycles. The van der Waals surface area contributed by atoms with E-state index in [1.165, 1.54) is 18.4 Å². The lowest BCUT2D eigenvalue weighted by molar-refractivity contribution is -0.140. The van der Waals surface area contributed by atoms with Crippen LogP contribution in [0.5, 0.6) is 11.5 Å². The minimum atomic E-state index is -0.266. The molecule has 3 aromatic rings. The van der Waals surface area contributed by atoms with Crippen LogP contribution in [0.4, 0.5) is 5.69 Å². The molecule has 0 radical (unpaired) electrons. The number of esters is 1. The molecule has 0 amide bonds. The maximum Gasteiger partial charge on any atom is 0.305 e. The molecule has 2 heterocycles. The molecule has 1 N–H and O–H groups in total. The molecule has 0 fully saturated rings. The number of thioether (sulfide) groups is 1. The Balaban J connectivity index is 1.67. The van der Waals surface area contributed by atoms with Crippen molar-refractivity contribution in [3.63, 3.8) is 0 Å². The van der Waals surface area contributed by atoms with E-state index in [1.54, 1.807) is 26.0 Å². The fourth-order valence-electron chi connectivity index (χ4n) is 3.82. The average molecular weight is 550 g/mol. The highest BCUT2D eigenvalue weighted by Crippen LogP contribution is 2.50. The number of hydrogen-bond acceptors (Lipinski definition) is 9. The average Bonchev–Trinajstić information content (AvgIpc) is 3.27. The van der Waals surface area contributed by atoms with Crippen LogP contribution in [0.3, 0.4) is 0 Å². The summed E-state index contributed by atoms with van der Waals surface area (Å²) in [6, 6.07) is 11.6. The van der Waals surface area contributed by atoms with Crippen molar-refractivity contribution >= 4 is 63.6 Å². The van der Waals surface area contributed by atoms with Gasteiger partial charge in [-0.1, -0.05) is 36.0 Å². The van der Waals surface area contributed by atoms with Crippen LogP contribution >= 0.6 is 46.9 Å². The number of para-hydroxylation sites is 1. The van der Waals surface area contributed by atoms with E-state index >= 15 is 0 Å². The monoisotopic (exact) mass is 549 g/mol. The molecule has 1 aliphatic rings. The van der Waals surface area contributed by atoms with Crippen LogP contribution in [0.25, 0.3) is 0 Å². The first-order chi connectivity index (χ1) is 16.9. The molecule has 2 aromatic carbocycles. The molecular weight excluding hydrogens is 526 g/mol. The first kappa shape index (κ1) is 25.7. The van der Waals surface area contributed by atoms with Crippen LogP contribution in [0.1, 0.15) is 32.8 Å². The van der Waals surface area contributed by atoms with E-state index in [4.69, 9.17) is 38.0 Å². The molecule has 0 spiro atoms. The number of aryl methyl sites for hydroxylation is 1. The molecule has 11 heteroatoms. The number of anilines is 1. The Kier molecular flexibility index (Phi) is 8.48. The number of benzene rings is 2. The van der Waals surface area contributed by atoms with Crippen molar-refractivity contribution in [2.75, 3.05) is 26.6 Å². The highest BCUT2D eigenvalue weighted by molar-refractivity contribution is 8.02. The molecule has 1 aliphatic heterocycles. The molecule has 0 saturated carbocycles. The topological polar surface area (TPSA) is 82.6 Å². The number of fused-ring (bicyclic) bond motifs is 1. The zero-order chi connectivity index (χ0) is 24.9. The highest BCUT2D eigenvalue weighted by Gasteiger charge is 2.33. The van der Waals surface area contributed by atoms with Gasteiger partial charge in [-0.05, 0) is 29.8 Å². The van der Waals surface area contributed by atoms with Crippen LogP contribution in [0.15, 0.2) is 36.4 Å². The predicted molar refractivity (Wildman–Crippen MR) is 144 cm³/mol. The van der Waals surface area contributed by atoms with Crippen LogP contribution in [0, 0.1) is 0 Å². The van der Waals surface area contributed by atoms with Crippen LogP contribution < -0.4 is 14.8 Å². The lowest BCUT2D eigenvalue weighted by atomic mass is 10.0. The summed E-state index contributed by atoms with van der Waals surface area (Å²) in [4.78, 5) is 12.2. The molecule has 184 valence electrons. The maximum atomic E-state index is 11.5. The fourth-order valence-corrected chi connectivity index (χ4v) is 6.79. The predicted octanol–water partition coefficient (Wildman–Crippen LogP) is 5.50. The van der Waals surface area contributed by atoms with E-state index in [2.05, 4.69) is 15.5 Å².